The van der Waals surface area contributed by atoms with Crippen LogP contribution in [0.25, 0.3) is 0 Å². The number of aryl methyl sites for hydroxylation is 2. The number of nitrogens with zero attached hydrogens (tertiary/aromatic N) is 2. The summed E-state index contributed by atoms with van der Waals surface area (Å²) in [6.07, 6.45) is 1.96. The van der Waals surface area contributed by atoms with Crippen molar-refractivity contribution in [3.05, 3.63) is 51.5 Å². The van der Waals surface area contributed by atoms with Gasteiger partial charge in [-0.2, -0.15) is 0 Å². The van der Waals surface area contributed by atoms with Gasteiger partial charge in [-0.1, -0.05) is 31.2 Å². The molecule has 0 aliphatic heterocycles. The number of hydrogen-bond acceptors (Lipinski definition) is 3. The van der Waals surface area contributed by atoms with E-state index in [4.69, 9.17) is 4.99 Å². The van der Waals surface area contributed by atoms with Gasteiger partial charge in [-0.15, -0.1) is 35.3 Å². The normalized spacial score (nSPS) is 11.0. The highest BCUT2D eigenvalue weighted by molar-refractivity contribution is 14.0. The molecule has 4 nitrogen and oxygen atoms in total. The van der Waals surface area contributed by atoms with Crippen molar-refractivity contribution in [3.8, 4) is 0 Å². The first kappa shape index (κ1) is 20.9. The molecule has 0 saturated carbocycles. The van der Waals surface area contributed by atoms with Crippen LogP contribution in [0.3, 0.4) is 0 Å². The van der Waals surface area contributed by atoms with Crippen LogP contribution in [0.1, 0.15) is 35.7 Å². The highest BCUT2D eigenvalue weighted by atomic mass is 127. The Balaban J connectivity index is 0.00000288. The Labute approximate surface area is 166 Å². The van der Waals surface area contributed by atoms with Gasteiger partial charge in [-0.3, -0.25) is 0 Å². The second kappa shape index (κ2) is 11.4. The first-order chi connectivity index (χ1) is 11.2. The highest BCUT2D eigenvalue weighted by Crippen LogP contribution is 2.10. The van der Waals surface area contributed by atoms with Crippen LogP contribution in [-0.4, -0.2) is 24.0 Å². The topological polar surface area (TPSA) is 49.3 Å². The van der Waals surface area contributed by atoms with Gasteiger partial charge < -0.3 is 10.6 Å². The molecule has 0 spiro atoms. The lowest BCUT2D eigenvalue weighted by Gasteiger charge is -2.11. The zero-order valence-electron chi connectivity index (χ0n) is 14.6. The quantitative estimate of drug-likeness (QED) is 0.376. The lowest BCUT2D eigenvalue weighted by Crippen LogP contribution is -2.38. The minimum absolute atomic E-state index is 0. The number of guanidine groups is 1. The summed E-state index contributed by atoms with van der Waals surface area (Å²) in [5.41, 5.74) is 3.81. The molecular formula is C18H27IN4S. The van der Waals surface area contributed by atoms with E-state index in [0.717, 1.165) is 42.6 Å². The molecular weight excluding hydrogens is 431 g/mol. The van der Waals surface area contributed by atoms with Crippen LogP contribution < -0.4 is 10.6 Å². The number of aromatic nitrogens is 1. The molecule has 0 atom stereocenters. The minimum atomic E-state index is 0. The Bertz CT molecular complexity index is 639. The number of benzene rings is 1. The van der Waals surface area contributed by atoms with Crippen molar-refractivity contribution in [2.75, 3.05) is 13.1 Å². The largest absolute Gasteiger partial charge is 0.357 e. The van der Waals surface area contributed by atoms with Gasteiger partial charge in [0.2, 0.25) is 0 Å². The summed E-state index contributed by atoms with van der Waals surface area (Å²) in [6, 6.07) is 8.50. The van der Waals surface area contributed by atoms with E-state index in [2.05, 4.69) is 59.1 Å². The Morgan fingerprint density at radius 1 is 1.17 bits per heavy atom. The van der Waals surface area contributed by atoms with Crippen molar-refractivity contribution in [2.45, 2.75) is 40.2 Å². The smallest absolute Gasteiger partial charge is 0.191 e. The second-order valence-electron chi connectivity index (χ2n) is 5.35. The zero-order chi connectivity index (χ0) is 16.5. The minimum Gasteiger partial charge on any atom is -0.357 e. The number of halogens is 1. The molecule has 0 aliphatic rings. The number of aliphatic imine (C=N–C) groups is 1. The Hall–Kier alpha value is -1.15. The molecule has 24 heavy (non-hydrogen) atoms. The summed E-state index contributed by atoms with van der Waals surface area (Å²) in [7, 11) is 0. The fraction of sp³-hybridized carbons (Fsp3) is 0.444. The molecule has 0 aliphatic carbocycles. The SMILES string of the molecule is CCNC(=NCc1ccccc1CC)NCCc1csc(C)n1.I. The molecule has 0 bridgehead atoms. The molecule has 0 radical (unpaired) electrons. The average molecular weight is 458 g/mol. The summed E-state index contributed by atoms with van der Waals surface area (Å²) in [6.45, 7) is 8.71. The molecule has 0 unspecified atom stereocenters. The van der Waals surface area contributed by atoms with E-state index in [1.54, 1.807) is 11.3 Å². The maximum Gasteiger partial charge on any atom is 0.191 e. The third-order valence-electron chi connectivity index (χ3n) is 3.59. The van der Waals surface area contributed by atoms with E-state index in [1.165, 1.54) is 11.1 Å². The summed E-state index contributed by atoms with van der Waals surface area (Å²) >= 11 is 1.70. The van der Waals surface area contributed by atoms with E-state index in [1.807, 2.05) is 6.92 Å². The first-order valence-corrected chi connectivity index (χ1v) is 9.10. The van der Waals surface area contributed by atoms with Gasteiger partial charge in [0.15, 0.2) is 5.96 Å². The first-order valence-electron chi connectivity index (χ1n) is 8.22. The Morgan fingerprint density at radius 3 is 2.54 bits per heavy atom. The van der Waals surface area contributed by atoms with Crippen LogP contribution in [-0.2, 0) is 19.4 Å². The van der Waals surface area contributed by atoms with E-state index in [-0.39, 0.29) is 24.0 Å². The van der Waals surface area contributed by atoms with Gasteiger partial charge in [0, 0.05) is 24.9 Å². The molecule has 2 N–H and O–H groups in total. The van der Waals surface area contributed by atoms with E-state index in [0.29, 0.717) is 6.54 Å². The zero-order valence-corrected chi connectivity index (χ0v) is 17.8. The van der Waals surface area contributed by atoms with E-state index < -0.39 is 0 Å². The predicted octanol–water partition coefficient (Wildman–Crippen LogP) is 3.93. The van der Waals surface area contributed by atoms with Crippen LogP contribution in [0.4, 0.5) is 0 Å². The highest BCUT2D eigenvalue weighted by Gasteiger charge is 2.02. The fourth-order valence-corrected chi connectivity index (χ4v) is 3.04. The van der Waals surface area contributed by atoms with Crippen molar-refractivity contribution in [1.82, 2.24) is 15.6 Å². The molecule has 0 saturated heterocycles. The number of hydrogen-bond donors (Lipinski definition) is 2. The molecule has 1 aromatic heterocycles. The van der Waals surface area contributed by atoms with Crippen LogP contribution >= 0.6 is 35.3 Å². The van der Waals surface area contributed by atoms with Crippen molar-refractivity contribution in [2.24, 2.45) is 4.99 Å². The Kier molecular flexibility index (Phi) is 9.94. The van der Waals surface area contributed by atoms with Crippen molar-refractivity contribution in [3.63, 3.8) is 0 Å². The molecule has 132 valence electrons. The summed E-state index contributed by atoms with van der Waals surface area (Å²) in [5.74, 6) is 0.866. The van der Waals surface area contributed by atoms with Crippen molar-refractivity contribution >= 4 is 41.3 Å². The third kappa shape index (κ3) is 6.76. The molecule has 0 fully saturated rings. The van der Waals surface area contributed by atoms with Crippen LogP contribution in [0, 0.1) is 6.92 Å². The number of rotatable bonds is 7. The number of nitrogens with one attached hydrogen (secondary N) is 2. The average Bonchev–Trinajstić information content (AvgIpc) is 2.98. The molecule has 2 rings (SSSR count). The molecule has 1 heterocycles. The van der Waals surface area contributed by atoms with Gasteiger partial charge in [0.25, 0.3) is 0 Å². The maximum absolute atomic E-state index is 4.71. The van der Waals surface area contributed by atoms with E-state index in [9.17, 15) is 0 Å². The Morgan fingerprint density at radius 2 is 1.92 bits per heavy atom. The molecule has 6 heteroatoms. The van der Waals surface area contributed by atoms with Gasteiger partial charge in [-0.05, 0) is 31.4 Å². The lowest BCUT2D eigenvalue weighted by molar-refractivity contribution is 0.789. The summed E-state index contributed by atoms with van der Waals surface area (Å²) in [5, 5.41) is 9.94. The van der Waals surface area contributed by atoms with Crippen LogP contribution in [0.5, 0.6) is 0 Å². The lowest BCUT2D eigenvalue weighted by atomic mass is 10.1. The molecule has 1 aromatic carbocycles. The summed E-state index contributed by atoms with van der Waals surface area (Å²) < 4.78 is 0. The van der Waals surface area contributed by atoms with Gasteiger partial charge in [0.1, 0.15) is 0 Å². The predicted molar refractivity (Wildman–Crippen MR) is 115 cm³/mol. The summed E-state index contributed by atoms with van der Waals surface area (Å²) in [4.78, 5) is 9.19. The number of thiazole rings is 1. The van der Waals surface area contributed by atoms with E-state index >= 15 is 0 Å². The maximum atomic E-state index is 4.71. The van der Waals surface area contributed by atoms with Crippen LogP contribution in [0.15, 0.2) is 34.6 Å². The molecule has 2 aromatic rings. The third-order valence-corrected chi connectivity index (χ3v) is 4.41. The monoisotopic (exact) mass is 458 g/mol. The fourth-order valence-electron chi connectivity index (χ4n) is 2.39. The standard InChI is InChI=1S/C18H26N4S.HI/c1-4-15-8-6-7-9-16(15)12-21-18(19-5-2)20-11-10-17-13-23-14(3)22-17;/h6-9,13H,4-5,10-12H2,1-3H3,(H2,19,20,21);1H. The van der Waals surface area contributed by atoms with Crippen molar-refractivity contribution < 1.29 is 0 Å². The van der Waals surface area contributed by atoms with Crippen LogP contribution in [0.2, 0.25) is 0 Å². The molecule has 0 amide bonds. The second-order valence-corrected chi connectivity index (χ2v) is 6.41. The van der Waals surface area contributed by atoms with Crippen molar-refractivity contribution in [1.29, 1.82) is 0 Å². The van der Waals surface area contributed by atoms with Gasteiger partial charge in [-0.25, -0.2) is 9.98 Å². The van der Waals surface area contributed by atoms with Gasteiger partial charge >= 0.3 is 0 Å². The van der Waals surface area contributed by atoms with Gasteiger partial charge in [0.05, 0.1) is 17.2 Å².